The van der Waals surface area contributed by atoms with Gasteiger partial charge in [0.2, 0.25) is 0 Å². The summed E-state index contributed by atoms with van der Waals surface area (Å²) in [5, 5.41) is 2.92. The van der Waals surface area contributed by atoms with Gasteiger partial charge in [0, 0.05) is 0 Å². The minimum Gasteiger partial charge on any atom is -0.493 e. The maximum atomic E-state index is 12.0. The first-order valence-corrected chi connectivity index (χ1v) is 7.22. The number of hydrogen-bond donors (Lipinski definition) is 1. The average molecular weight is 299 g/mol. The van der Waals surface area contributed by atoms with Gasteiger partial charge in [0.05, 0.1) is 13.2 Å². The number of carbonyl (C=O) groups is 1. The first-order valence-electron chi connectivity index (χ1n) is 7.22. The second-order valence-electron chi connectivity index (χ2n) is 5.14. The van der Waals surface area contributed by atoms with E-state index in [0.717, 1.165) is 5.56 Å². The zero-order valence-electron chi connectivity index (χ0n) is 13.1. The quantitative estimate of drug-likeness (QED) is 0.890. The highest BCUT2D eigenvalue weighted by Gasteiger charge is 2.11. The molecule has 2 rings (SSSR count). The molecule has 0 aliphatic heterocycles. The molecule has 116 valence electrons. The molecule has 0 fully saturated rings. The van der Waals surface area contributed by atoms with Crippen LogP contribution in [0.4, 0.5) is 0 Å². The van der Waals surface area contributed by atoms with Crippen LogP contribution in [0.15, 0.2) is 48.5 Å². The topological polar surface area (TPSA) is 47.6 Å². The van der Waals surface area contributed by atoms with Crippen molar-refractivity contribution >= 4 is 5.91 Å². The van der Waals surface area contributed by atoms with Crippen LogP contribution in [-0.2, 0) is 4.79 Å². The highest BCUT2D eigenvalue weighted by atomic mass is 16.5. The number of rotatable bonds is 6. The van der Waals surface area contributed by atoms with Crippen molar-refractivity contribution < 1.29 is 14.3 Å². The Morgan fingerprint density at radius 1 is 1.09 bits per heavy atom. The second kappa shape index (κ2) is 7.50. The number of para-hydroxylation sites is 2. The van der Waals surface area contributed by atoms with Crippen LogP contribution in [0.1, 0.15) is 24.1 Å². The predicted molar refractivity (Wildman–Crippen MR) is 86.2 cm³/mol. The van der Waals surface area contributed by atoms with Gasteiger partial charge in [0.1, 0.15) is 0 Å². The van der Waals surface area contributed by atoms with E-state index in [1.165, 1.54) is 5.56 Å². The first kappa shape index (κ1) is 15.9. The molecule has 0 aliphatic rings. The summed E-state index contributed by atoms with van der Waals surface area (Å²) in [6.45, 7) is 3.94. The summed E-state index contributed by atoms with van der Waals surface area (Å²) < 4.78 is 10.7. The number of nitrogens with one attached hydrogen (secondary N) is 1. The maximum absolute atomic E-state index is 12.0. The number of amides is 1. The Labute approximate surface area is 131 Å². The van der Waals surface area contributed by atoms with E-state index in [1.807, 2.05) is 50.2 Å². The van der Waals surface area contributed by atoms with Crippen LogP contribution in [0.3, 0.4) is 0 Å². The van der Waals surface area contributed by atoms with Crippen LogP contribution in [0.5, 0.6) is 11.5 Å². The molecular weight excluding hydrogens is 278 g/mol. The third-order valence-corrected chi connectivity index (χ3v) is 3.38. The first-order chi connectivity index (χ1) is 10.6. The number of ether oxygens (including phenoxy) is 2. The third-order valence-electron chi connectivity index (χ3n) is 3.38. The zero-order chi connectivity index (χ0) is 15.9. The van der Waals surface area contributed by atoms with Gasteiger partial charge in [-0.3, -0.25) is 4.79 Å². The minimum atomic E-state index is -0.168. The molecule has 22 heavy (non-hydrogen) atoms. The van der Waals surface area contributed by atoms with Crippen molar-refractivity contribution in [3.8, 4) is 11.5 Å². The SMILES string of the molecule is COc1ccccc1OCC(=O)NC(C)c1ccc(C)cc1. The Kier molecular flexibility index (Phi) is 5.42. The molecule has 1 N–H and O–H groups in total. The van der Waals surface area contributed by atoms with Gasteiger partial charge >= 0.3 is 0 Å². The van der Waals surface area contributed by atoms with Crippen LogP contribution in [0.2, 0.25) is 0 Å². The molecule has 4 heteroatoms. The van der Waals surface area contributed by atoms with Gasteiger partial charge in [0.15, 0.2) is 18.1 Å². The van der Waals surface area contributed by atoms with E-state index >= 15 is 0 Å². The van der Waals surface area contributed by atoms with Gasteiger partial charge in [-0.1, -0.05) is 42.0 Å². The Balaban J connectivity index is 1.88. The number of benzene rings is 2. The molecule has 1 atom stereocenters. The van der Waals surface area contributed by atoms with E-state index in [9.17, 15) is 4.79 Å². The zero-order valence-corrected chi connectivity index (χ0v) is 13.1. The lowest BCUT2D eigenvalue weighted by molar-refractivity contribution is -0.123. The van der Waals surface area contributed by atoms with E-state index < -0.39 is 0 Å². The van der Waals surface area contributed by atoms with Crippen molar-refractivity contribution in [2.24, 2.45) is 0 Å². The molecule has 0 spiro atoms. The largest absolute Gasteiger partial charge is 0.493 e. The van der Waals surface area contributed by atoms with Crippen LogP contribution in [-0.4, -0.2) is 19.6 Å². The van der Waals surface area contributed by atoms with Gasteiger partial charge in [-0.15, -0.1) is 0 Å². The summed E-state index contributed by atoms with van der Waals surface area (Å²) in [5.41, 5.74) is 2.26. The van der Waals surface area contributed by atoms with Crippen LogP contribution >= 0.6 is 0 Å². The highest BCUT2D eigenvalue weighted by Crippen LogP contribution is 2.25. The molecule has 1 unspecified atom stereocenters. The lowest BCUT2D eigenvalue weighted by atomic mass is 10.1. The van der Waals surface area contributed by atoms with Gasteiger partial charge < -0.3 is 14.8 Å². The predicted octanol–water partition coefficient (Wildman–Crippen LogP) is 3.26. The van der Waals surface area contributed by atoms with E-state index in [2.05, 4.69) is 5.32 Å². The molecule has 2 aromatic carbocycles. The lowest BCUT2D eigenvalue weighted by Crippen LogP contribution is -2.31. The molecule has 1 amide bonds. The number of hydrogen-bond acceptors (Lipinski definition) is 3. The molecule has 0 heterocycles. The Hall–Kier alpha value is -2.49. The molecule has 0 aromatic heterocycles. The minimum absolute atomic E-state index is 0.0451. The van der Waals surface area contributed by atoms with E-state index in [0.29, 0.717) is 11.5 Å². The normalized spacial score (nSPS) is 11.6. The smallest absolute Gasteiger partial charge is 0.258 e. The summed E-state index contributed by atoms with van der Waals surface area (Å²) in [6, 6.07) is 15.3. The average Bonchev–Trinajstić information content (AvgIpc) is 2.53. The van der Waals surface area contributed by atoms with Crippen molar-refractivity contribution in [2.75, 3.05) is 13.7 Å². The van der Waals surface area contributed by atoms with E-state index in [4.69, 9.17) is 9.47 Å². The van der Waals surface area contributed by atoms with Crippen molar-refractivity contribution in [1.29, 1.82) is 0 Å². The summed E-state index contributed by atoms with van der Waals surface area (Å²) >= 11 is 0. The molecule has 0 saturated heterocycles. The number of methoxy groups -OCH3 is 1. The molecule has 0 radical (unpaired) electrons. The van der Waals surface area contributed by atoms with Crippen LogP contribution < -0.4 is 14.8 Å². The summed E-state index contributed by atoms with van der Waals surface area (Å²) in [5.74, 6) is 1.00. The molecule has 0 aliphatic carbocycles. The van der Waals surface area contributed by atoms with Gasteiger partial charge in [-0.05, 0) is 31.5 Å². The fraction of sp³-hybridized carbons (Fsp3) is 0.278. The van der Waals surface area contributed by atoms with Gasteiger partial charge in [-0.25, -0.2) is 0 Å². The molecule has 0 saturated carbocycles. The maximum Gasteiger partial charge on any atom is 0.258 e. The molecular formula is C18H21NO3. The monoisotopic (exact) mass is 299 g/mol. The number of carbonyl (C=O) groups excluding carboxylic acids is 1. The van der Waals surface area contributed by atoms with Crippen molar-refractivity contribution in [3.05, 3.63) is 59.7 Å². The van der Waals surface area contributed by atoms with Gasteiger partial charge in [-0.2, -0.15) is 0 Å². The Bertz CT molecular complexity index is 622. The number of aryl methyl sites for hydroxylation is 1. The summed E-state index contributed by atoms with van der Waals surface area (Å²) in [7, 11) is 1.57. The Morgan fingerprint density at radius 3 is 2.36 bits per heavy atom. The molecule has 4 nitrogen and oxygen atoms in total. The van der Waals surface area contributed by atoms with Crippen LogP contribution in [0.25, 0.3) is 0 Å². The second-order valence-corrected chi connectivity index (χ2v) is 5.14. The third kappa shape index (κ3) is 4.25. The summed E-state index contributed by atoms with van der Waals surface area (Å²) in [4.78, 5) is 12.0. The Morgan fingerprint density at radius 2 is 1.73 bits per heavy atom. The highest BCUT2D eigenvalue weighted by molar-refractivity contribution is 5.78. The molecule has 2 aromatic rings. The fourth-order valence-corrected chi connectivity index (χ4v) is 2.10. The van der Waals surface area contributed by atoms with Crippen molar-refractivity contribution in [2.45, 2.75) is 19.9 Å². The van der Waals surface area contributed by atoms with Gasteiger partial charge in [0.25, 0.3) is 5.91 Å². The lowest BCUT2D eigenvalue weighted by Gasteiger charge is -2.15. The van der Waals surface area contributed by atoms with Crippen LogP contribution in [0, 0.1) is 6.92 Å². The van der Waals surface area contributed by atoms with Crippen molar-refractivity contribution in [3.63, 3.8) is 0 Å². The summed E-state index contributed by atoms with van der Waals surface area (Å²) in [6.07, 6.45) is 0. The molecule has 0 bridgehead atoms. The van der Waals surface area contributed by atoms with Crippen molar-refractivity contribution in [1.82, 2.24) is 5.32 Å². The standard InChI is InChI=1S/C18H21NO3/c1-13-8-10-15(11-9-13)14(2)19-18(20)12-22-17-7-5-4-6-16(17)21-3/h4-11,14H,12H2,1-3H3,(H,19,20). The van der Waals surface area contributed by atoms with E-state index in [1.54, 1.807) is 19.2 Å². The van der Waals surface area contributed by atoms with E-state index in [-0.39, 0.29) is 18.6 Å². The fourth-order valence-electron chi connectivity index (χ4n) is 2.10.